The summed E-state index contributed by atoms with van der Waals surface area (Å²) in [6.07, 6.45) is 1.70. The summed E-state index contributed by atoms with van der Waals surface area (Å²) in [5.41, 5.74) is 3.55. The van der Waals surface area contributed by atoms with Gasteiger partial charge in [-0.1, -0.05) is 6.07 Å². The maximum Gasteiger partial charge on any atom is 0.343 e. The third-order valence-corrected chi connectivity index (χ3v) is 5.29. The Morgan fingerprint density at radius 2 is 2.00 bits per heavy atom. The number of hydrazone groups is 1. The third-order valence-electron chi connectivity index (χ3n) is 4.42. The zero-order valence-electron chi connectivity index (χ0n) is 17.9. The van der Waals surface area contributed by atoms with Gasteiger partial charge in [0.25, 0.3) is 5.69 Å². The van der Waals surface area contributed by atoms with E-state index in [1.807, 2.05) is 17.5 Å². The molecule has 0 unspecified atom stereocenters. The van der Waals surface area contributed by atoms with Crippen molar-refractivity contribution in [1.82, 2.24) is 5.43 Å². The first kappa shape index (κ1) is 23.6. The minimum Gasteiger partial charge on any atom is -0.490 e. The normalized spacial score (nSPS) is 10.7. The summed E-state index contributed by atoms with van der Waals surface area (Å²) < 4.78 is 11.0. The van der Waals surface area contributed by atoms with E-state index in [-0.39, 0.29) is 29.3 Å². The summed E-state index contributed by atoms with van der Waals surface area (Å²) in [4.78, 5) is 35.9. The van der Waals surface area contributed by atoms with E-state index >= 15 is 0 Å². The highest BCUT2D eigenvalue weighted by Crippen LogP contribution is 2.29. The van der Waals surface area contributed by atoms with Crippen LogP contribution in [0.3, 0.4) is 0 Å². The number of nitrogens with zero attached hydrogens (tertiary/aromatic N) is 2. The van der Waals surface area contributed by atoms with E-state index in [1.165, 1.54) is 35.8 Å². The van der Waals surface area contributed by atoms with Gasteiger partial charge in [0, 0.05) is 16.5 Å². The lowest BCUT2D eigenvalue weighted by molar-refractivity contribution is -0.385. The summed E-state index contributed by atoms with van der Waals surface area (Å²) in [6.45, 7) is 3.67. The minimum atomic E-state index is -0.670. The monoisotopic (exact) mass is 467 g/mol. The van der Waals surface area contributed by atoms with Gasteiger partial charge in [0.15, 0.2) is 11.5 Å². The maximum atomic E-state index is 12.5. The molecule has 9 nitrogen and oxygen atoms in total. The van der Waals surface area contributed by atoms with Crippen LogP contribution in [-0.2, 0) is 11.2 Å². The van der Waals surface area contributed by atoms with E-state index in [4.69, 9.17) is 9.47 Å². The average Bonchev–Trinajstić information content (AvgIpc) is 3.28. The highest BCUT2D eigenvalue weighted by molar-refractivity contribution is 7.10. The Labute approximate surface area is 193 Å². The SMILES string of the molecule is CCOc1cc(/C=N\NC(=O)Cc2cccs2)ccc1OC(=O)c1ccc([N+](=O)[O-])c(C)c1. The number of amides is 1. The molecule has 33 heavy (non-hydrogen) atoms. The summed E-state index contributed by atoms with van der Waals surface area (Å²) in [5.74, 6) is -0.394. The molecule has 1 N–H and O–H groups in total. The molecular formula is C23H21N3O6S. The number of rotatable bonds is 9. The number of ether oxygens (including phenoxy) is 2. The van der Waals surface area contributed by atoms with Crippen LogP contribution in [0.1, 0.15) is 33.3 Å². The van der Waals surface area contributed by atoms with Crippen LogP contribution in [0.15, 0.2) is 59.0 Å². The second kappa shape index (κ2) is 11.0. The van der Waals surface area contributed by atoms with Crippen LogP contribution in [0.5, 0.6) is 11.5 Å². The third kappa shape index (κ3) is 6.47. The minimum absolute atomic E-state index is 0.0762. The van der Waals surface area contributed by atoms with Crippen molar-refractivity contribution >= 4 is 35.1 Å². The Balaban J connectivity index is 1.69. The van der Waals surface area contributed by atoms with E-state index in [2.05, 4.69) is 10.5 Å². The molecule has 0 saturated heterocycles. The molecule has 0 aliphatic heterocycles. The molecule has 1 aromatic heterocycles. The number of carbonyl (C=O) groups is 2. The molecule has 1 heterocycles. The Hall–Kier alpha value is -4.05. The number of hydrogen-bond acceptors (Lipinski definition) is 8. The summed E-state index contributed by atoms with van der Waals surface area (Å²) in [5, 5.41) is 16.8. The van der Waals surface area contributed by atoms with Crippen LogP contribution < -0.4 is 14.9 Å². The predicted molar refractivity (Wildman–Crippen MR) is 124 cm³/mol. The molecule has 0 atom stereocenters. The second-order valence-electron chi connectivity index (χ2n) is 6.84. The quantitative estimate of drug-likeness (QED) is 0.165. The van der Waals surface area contributed by atoms with Gasteiger partial charge in [-0.05, 0) is 61.2 Å². The van der Waals surface area contributed by atoms with E-state index in [9.17, 15) is 19.7 Å². The van der Waals surface area contributed by atoms with Gasteiger partial charge < -0.3 is 9.47 Å². The number of nitro benzene ring substituents is 1. The molecule has 2 aromatic carbocycles. The van der Waals surface area contributed by atoms with E-state index in [0.717, 1.165) is 4.88 Å². The van der Waals surface area contributed by atoms with Crippen LogP contribution in [0.25, 0.3) is 0 Å². The van der Waals surface area contributed by atoms with Gasteiger partial charge >= 0.3 is 5.97 Å². The van der Waals surface area contributed by atoms with Crippen molar-refractivity contribution in [2.45, 2.75) is 20.3 Å². The van der Waals surface area contributed by atoms with Gasteiger partial charge in [0.1, 0.15) is 0 Å². The van der Waals surface area contributed by atoms with Gasteiger partial charge in [0.2, 0.25) is 5.91 Å². The molecule has 0 fully saturated rings. The number of esters is 1. The Morgan fingerprint density at radius 3 is 2.67 bits per heavy atom. The standard InChI is InChI=1S/C23H21N3O6S/c1-3-31-21-12-16(14-24-25-22(27)13-18-5-4-10-33-18)6-9-20(21)32-23(28)17-7-8-19(26(29)30)15(2)11-17/h4-12,14H,3,13H2,1-2H3,(H,25,27)/b24-14-. The number of nitrogens with one attached hydrogen (secondary N) is 1. The molecule has 0 spiro atoms. The van der Waals surface area contributed by atoms with Crippen LogP contribution in [0.4, 0.5) is 5.69 Å². The largest absolute Gasteiger partial charge is 0.490 e. The van der Waals surface area contributed by atoms with E-state index in [1.54, 1.807) is 32.0 Å². The fourth-order valence-corrected chi connectivity index (χ4v) is 3.60. The number of aryl methyl sites for hydroxylation is 1. The zero-order valence-corrected chi connectivity index (χ0v) is 18.8. The van der Waals surface area contributed by atoms with Crippen molar-refractivity contribution < 1.29 is 24.0 Å². The lowest BCUT2D eigenvalue weighted by atomic mass is 10.1. The molecule has 0 saturated carbocycles. The zero-order chi connectivity index (χ0) is 23.8. The van der Waals surface area contributed by atoms with Crippen LogP contribution in [-0.4, -0.2) is 29.6 Å². The number of carbonyl (C=O) groups excluding carboxylic acids is 2. The lowest BCUT2D eigenvalue weighted by Gasteiger charge is -2.11. The number of nitro groups is 1. The molecule has 0 radical (unpaired) electrons. The van der Waals surface area contributed by atoms with Gasteiger partial charge in [-0.15, -0.1) is 11.3 Å². The molecule has 170 valence electrons. The highest BCUT2D eigenvalue weighted by Gasteiger charge is 2.17. The Morgan fingerprint density at radius 1 is 1.18 bits per heavy atom. The number of benzene rings is 2. The van der Waals surface area contributed by atoms with Gasteiger partial charge in [-0.2, -0.15) is 5.10 Å². The molecule has 1 amide bonds. The second-order valence-corrected chi connectivity index (χ2v) is 7.87. The molecule has 3 rings (SSSR count). The van der Waals surface area contributed by atoms with Gasteiger partial charge in [0.05, 0.1) is 29.7 Å². The topological polar surface area (TPSA) is 120 Å². The molecular weight excluding hydrogens is 446 g/mol. The summed E-state index contributed by atoms with van der Waals surface area (Å²) >= 11 is 1.50. The molecule has 10 heteroatoms. The molecule has 0 aliphatic carbocycles. The van der Waals surface area contributed by atoms with E-state index in [0.29, 0.717) is 23.5 Å². The Bertz CT molecular complexity index is 1190. The number of thiophene rings is 1. The van der Waals surface area contributed by atoms with Gasteiger partial charge in [-0.25, -0.2) is 10.2 Å². The summed E-state index contributed by atoms with van der Waals surface area (Å²) in [7, 11) is 0. The Kier molecular flexibility index (Phi) is 7.87. The van der Waals surface area contributed by atoms with Crippen molar-refractivity contribution in [3.63, 3.8) is 0 Å². The summed E-state index contributed by atoms with van der Waals surface area (Å²) in [6, 6.07) is 12.6. The van der Waals surface area contributed by atoms with Crippen LogP contribution >= 0.6 is 11.3 Å². The number of hydrogen-bond donors (Lipinski definition) is 1. The first-order valence-electron chi connectivity index (χ1n) is 9.95. The van der Waals surface area contributed by atoms with Gasteiger partial charge in [-0.3, -0.25) is 14.9 Å². The maximum absolute atomic E-state index is 12.5. The fourth-order valence-electron chi connectivity index (χ4n) is 2.89. The van der Waals surface area contributed by atoms with Crippen molar-refractivity contribution in [1.29, 1.82) is 0 Å². The highest BCUT2D eigenvalue weighted by atomic mass is 32.1. The molecule has 3 aromatic rings. The van der Waals surface area contributed by atoms with Crippen LogP contribution in [0, 0.1) is 17.0 Å². The molecule has 0 aliphatic rings. The van der Waals surface area contributed by atoms with Crippen molar-refractivity contribution in [2.24, 2.45) is 5.10 Å². The van der Waals surface area contributed by atoms with Crippen molar-refractivity contribution in [3.05, 3.63) is 85.6 Å². The smallest absolute Gasteiger partial charge is 0.343 e. The average molecular weight is 468 g/mol. The predicted octanol–water partition coefficient (Wildman–Crippen LogP) is 4.28. The first-order chi connectivity index (χ1) is 15.9. The lowest BCUT2D eigenvalue weighted by Crippen LogP contribution is -2.19. The molecule has 0 bridgehead atoms. The van der Waals surface area contributed by atoms with E-state index < -0.39 is 10.9 Å². The van der Waals surface area contributed by atoms with Crippen molar-refractivity contribution in [2.75, 3.05) is 6.61 Å². The van der Waals surface area contributed by atoms with Crippen LogP contribution in [0.2, 0.25) is 0 Å². The first-order valence-corrected chi connectivity index (χ1v) is 10.8. The van der Waals surface area contributed by atoms with Crippen molar-refractivity contribution in [3.8, 4) is 11.5 Å². The fraction of sp³-hybridized carbons (Fsp3) is 0.174.